The van der Waals surface area contributed by atoms with Crippen molar-refractivity contribution in [3.63, 3.8) is 0 Å². The van der Waals surface area contributed by atoms with Gasteiger partial charge in [-0.2, -0.15) is 8.42 Å². The fourth-order valence-corrected chi connectivity index (χ4v) is 3.53. The van der Waals surface area contributed by atoms with E-state index in [1.807, 2.05) is 60.7 Å². The minimum absolute atomic E-state index is 0.107. The second kappa shape index (κ2) is 15.7. The van der Waals surface area contributed by atoms with E-state index in [2.05, 4.69) is 5.32 Å². The van der Waals surface area contributed by atoms with Gasteiger partial charge in [-0.25, -0.2) is 9.59 Å². The maximum absolute atomic E-state index is 12.5. The van der Waals surface area contributed by atoms with Crippen LogP contribution in [0.25, 0.3) is 0 Å². The van der Waals surface area contributed by atoms with Crippen LogP contribution in [0.2, 0.25) is 0 Å². The predicted molar refractivity (Wildman–Crippen MR) is 132 cm³/mol. The van der Waals surface area contributed by atoms with Gasteiger partial charge in [0.2, 0.25) is 0 Å². The molecule has 0 spiro atoms. The standard InChI is InChI=1S/C25H34N2O7S/c1-35(30,31)34-19-18-27(25(29)33-21-23-14-8-5-9-15-23)17-11-3-2-10-16-26-24(28)32-20-22-12-6-4-7-13-22/h4-9,12-15H,2-3,10-11,16-21H2,1H3,(H,26,28). The molecule has 2 aromatic carbocycles. The average molecular weight is 507 g/mol. The molecule has 0 aromatic heterocycles. The molecular formula is C25H34N2O7S. The van der Waals surface area contributed by atoms with Crippen LogP contribution in [0.1, 0.15) is 36.8 Å². The van der Waals surface area contributed by atoms with Crippen molar-refractivity contribution in [3.05, 3.63) is 71.8 Å². The topological polar surface area (TPSA) is 111 Å². The lowest BCUT2D eigenvalue weighted by Gasteiger charge is -2.22. The minimum atomic E-state index is -3.59. The van der Waals surface area contributed by atoms with E-state index < -0.39 is 22.3 Å². The van der Waals surface area contributed by atoms with E-state index >= 15 is 0 Å². The Bertz CT molecular complexity index is 985. The molecule has 0 radical (unpaired) electrons. The summed E-state index contributed by atoms with van der Waals surface area (Å²) in [7, 11) is -3.59. The van der Waals surface area contributed by atoms with Crippen LogP contribution < -0.4 is 5.32 Å². The minimum Gasteiger partial charge on any atom is -0.445 e. The Morgan fingerprint density at radius 1 is 0.800 bits per heavy atom. The molecule has 1 N–H and O–H groups in total. The van der Waals surface area contributed by atoms with Crippen molar-refractivity contribution >= 4 is 22.3 Å². The highest BCUT2D eigenvalue weighted by Gasteiger charge is 2.16. The van der Waals surface area contributed by atoms with E-state index in [-0.39, 0.29) is 26.4 Å². The van der Waals surface area contributed by atoms with Crippen LogP contribution in [0.5, 0.6) is 0 Å². The van der Waals surface area contributed by atoms with Gasteiger partial charge in [0.25, 0.3) is 10.1 Å². The second-order valence-electron chi connectivity index (χ2n) is 7.96. The van der Waals surface area contributed by atoms with E-state index in [0.717, 1.165) is 36.6 Å². The summed E-state index contributed by atoms with van der Waals surface area (Å²) in [6.45, 7) is 1.25. The van der Waals surface area contributed by atoms with E-state index in [4.69, 9.17) is 13.7 Å². The Morgan fingerprint density at radius 2 is 1.37 bits per heavy atom. The molecule has 2 aromatic rings. The third-order valence-corrected chi connectivity index (χ3v) is 5.55. The first-order valence-corrected chi connectivity index (χ1v) is 13.4. The van der Waals surface area contributed by atoms with Crippen molar-refractivity contribution in [2.24, 2.45) is 0 Å². The van der Waals surface area contributed by atoms with Crippen molar-refractivity contribution in [1.29, 1.82) is 0 Å². The molecule has 35 heavy (non-hydrogen) atoms. The highest BCUT2D eigenvalue weighted by atomic mass is 32.2. The highest BCUT2D eigenvalue weighted by Crippen LogP contribution is 2.07. The smallest absolute Gasteiger partial charge is 0.410 e. The van der Waals surface area contributed by atoms with Gasteiger partial charge in [0.1, 0.15) is 13.2 Å². The van der Waals surface area contributed by atoms with Gasteiger partial charge in [-0.05, 0) is 24.0 Å². The number of ether oxygens (including phenoxy) is 2. The van der Waals surface area contributed by atoms with Crippen LogP contribution >= 0.6 is 0 Å². The maximum Gasteiger partial charge on any atom is 0.410 e. The van der Waals surface area contributed by atoms with Gasteiger partial charge >= 0.3 is 12.2 Å². The summed E-state index contributed by atoms with van der Waals surface area (Å²) in [5.74, 6) is 0. The van der Waals surface area contributed by atoms with Crippen LogP contribution in [-0.4, -0.2) is 58.0 Å². The summed E-state index contributed by atoms with van der Waals surface area (Å²) in [4.78, 5) is 25.7. The van der Waals surface area contributed by atoms with E-state index in [9.17, 15) is 18.0 Å². The molecule has 0 atom stereocenters. The predicted octanol–water partition coefficient (Wildman–Crippen LogP) is 4.09. The van der Waals surface area contributed by atoms with Gasteiger partial charge in [0, 0.05) is 19.6 Å². The molecule has 2 rings (SSSR count). The molecule has 0 unspecified atom stereocenters. The van der Waals surface area contributed by atoms with Crippen LogP contribution in [0.4, 0.5) is 9.59 Å². The summed E-state index contributed by atoms with van der Waals surface area (Å²) < 4.78 is 37.7. The van der Waals surface area contributed by atoms with Gasteiger partial charge in [-0.1, -0.05) is 73.5 Å². The lowest BCUT2D eigenvalue weighted by molar-refractivity contribution is 0.0899. The number of carbonyl (C=O) groups is 2. The van der Waals surface area contributed by atoms with E-state index in [0.29, 0.717) is 19.5 Å². The molecule has 10 heteroatoms. The van der Waals surface area contributed by atoms with Crippen molar-refractivity contribution in [1.82, 2.24) is 10.2 Å². The normalized spacial score (nSPS) is 11.0. The molecule has 0 saturated carbocycles. The molecular weight excluding hydrogens is 472 g/mol. The maximum atomic E-state index is 12.5. The number of alkyl carbamates (subject to hydrolysis) is 1. The molecule has 0 aliphatic carbocycles. The largest absolute Gasteiger partial charge is 0.445 e. The lowest BCUT2D eigenvalue weighted by Crippen LogP contribution is -2.35. The van der Waals surface area contributed by atoms with E-state index in [1.165, 1.54) is 4.90 Å². The third kappa shape index (κ3) is 13.4. The zero-order chi connectivity index (χ0) is 25.4. The monoisotopic (exact) mass is 506 g/mol. The summed E-state index contributed by atoms with van der Waals surface area (Å²) in [5.41, 5.74) is 1.79. The quantitative estimate of drug-likeness (QED) is 0.286. The SMILES string of the molecule is CS(=O)(=O)OCCN(CCCCCCNC(=O)OCc1ccccc1)C(=O)OCc1ccccc1. The van der Waals surface area contributed by atoms with Gasteiger partial charge < -0.3 is 19.7 Å². The lowest BCUT2D eigenvalue weighted by atomic mass is 10.2. The van der Waals surface area contributed by atoms with Crippen molar-refractivity contribution in [3.8, 4) is 0 Å². The molecule has 0 fully saturated rings. The number of amides is 2. The molecule has 0 heterocycles. The molecule has 9 nitrogen and oxygen atoms in total. The Labute approximate surface area is 207 Å². The summed E-state index contributed by atoms with van der Waals surface area (Å²) in [6, 6.07) is 18.8. The third-order valence-electron chi connectivity index (χ3n) is 4.96. The molecule has 2 amide bonds. The van der Waals surface area contributed by atoms with Gasteiger partial charge in [-0.3, -0.25) is 4.18 Å². The van der Waals surface area contributed by atoms with Gasteiger partial charge in [-0.15, -0.1) is 0 Å². The highest BCUT2D eigenvalue weighted by molar-refractivity contribution is 7.85. The van der Waals surface area contributed by atoms with E-state index in [1.54, 1.807) is 0 Å². The average Bonchev–Trinajstić information content (AvgIpc) is 2.85. The van der Waals surface area contributed by atoms with Gasteiger partial charge in [0.05, 0.1) is 12.9 Å². The first kappa shape index (κ1) is 28.1. The van der Waals surface area contributed by atoms with Crippen LogP contribution in [0, 0.1) is 0 Å². The molecule has 0 bridgehead atoms. The number of benzene rings is 2. The fraction of sp³-hybridized carbons (Fsp3) is 0.440. The number of hydrogen-bond acceptors (Lipinski definition) is 7. The summed E-state index contributed by atoms with van der Waals surface area (Å²) in [5, 5.41) is 2.73. The Balaban J connectivity index is 1.64. The summed E-state index contributed by atoms with van der Waals surface area (Å²) >= 11 is 0. The van der Waals surface area contributed by atoms with Crippen molar-refractivity contribution in [2.75, 3.05) is 32.5 Å². The van der Waals surface area contributed by atoms with Crippen LogP contribution in [0.3, 0.4) is 0 Å². The second-order valence-corrected chi connectivity index (χ2v) is 9.60. The molecule has 0 aliphatic heterocycles. The van der Waals surface area contributed by atoms with Crippen molar-refractivity contribution < 1.29 is 31.7 Å². The number of nitrogens with one attached hydrogen (secondary N) is 1. The van der Waals surface area contributed by atoms with Crippen LogP contribution in [-0.2, 0) is 37.0 Å². The number of nitrogens with zero attached hydrogens (tertiary/aromatic N) is 1. The van der Waals surface area contributed by atoms with Crippen LogP contribution in [0.15, 0.2) is 60.7 Å². The first-order valence-electron chi connectivity index (χ1n) is 11.6. The Kier molecular flexibility index (Phi) is 12.6. The fourth-order valence-electron chi connectivity index (χ4n) is 3.15. The molecule has 0 aliphatic rings. The zero-order valence-corrected chi connectivity index (χ0v) is 20.9. The number of rotatable bonds is 15. The number of carbonyl (C=O) groups excluding carboxylic acids is 2. The van der Waals surface area contributed by atoms with Crippen molar-refractivity contribution in [2.45, 2.75) is 38.9 Å². The molecule has 192 valence electrons. The summed E-state index contributed by atoms with van der Waals surface area (Å²) in [6.07, 6.45) is 3.16. The number of unbranched alkanes of at least 4 members (excludes halogenated alkanes) is 3. The first-order chi connectivity index (χ1) is 16.8. The Morgan fingerprint density at radius 3 is 1.97 bits per heavy atom. The Hall–Kier alpha value is -3.11. The zero-order valence-electron chi connectivity index (χ0n) is 20.1. The number of hydrogen-bond donors (Lipinski definition) is 1. The molecule has 0 saturated heterocycles. The van der Waals surface area contributed by atoms with Gasteiger partial charge in [0.15, 0.2) is 0 Å².